The first-order chi connectivity index (χ1) is 7.65. The SMILES string of the molecule is O=C1CCC(C(=O)O)(C2CCCSC2)CC1. The molecule has 1 unspecified atom stereocenters. The second-order valence-corrected chi connectivity index (χ2v) is 6.06. The molecule has 1 saturated heterocycles. The van der Waals surface area contributed by atoms with Gasteiger partial charge in [0, 0.05) is 12.8 Å². The van der Waals surface area contributed by atoms with Crippen LogP contribution in [0.1, 0.15) is 38.5 Å². The summed E-state index contributed by atoms with van der Waals surface area (Å²) in [6.07, 6.45) is 4.20. The summed E-state index contributed by atoms with van der Waals surface area (Å²) in [5, 5.41) is 9.51. The van der Waals surface area contributed by atoms with E-state index in [4.69, 9.17) is 0 Å². The summed E-state index contributed by atoms with van der Waals surface area (Å²) in [6.45, 7) is 0. The van der Waals surface area contributed by atoms with Crippen LogP contribution in [-0.2, 0) is 9.59 Å². The van der Waals surface area contributed by atoms with Crippen molar-refractivity contribution in [2.75, 3.05) is 11.5 Å². The van der Waals surface area contributed by atoms with Crippen molar-refractivity contribution in [1.82, 2.24) is 0 Å². The Balaban J connectivity index is 2.14. The Morgan fingerprint density at radius 1 is 1.38 bits per heavy atom. The van der Waals surface area contributed by atoms with Crippen LogP contribution < -0.4 is 0 Å². The molecule has 0 bridgehead atoms. The van der Waals surface area contributed by atoms with Crippen molar-refractivity contribution in [1.29, 1.82) is 0 Å². The molecule has 2 aliphatic rings. The Kier molecular flexibility index (Phi) is 3.57. The first-order valence-electron chi connectivity index (χ1n) is 5.98. The topological polar surface area (TPSA) is 54.4 Å². The highest BCUT2D eigenvalue weighted by atomic mass is 32.2. The molecule has 1 atom stereocenters. The maximum atomic E-state index is 11.6. The van der Waals surface area contributed by atoms with Gasteiger partial charge in [-0.05, 0) is 43.1 Å². The highest BCUT2D eigenvalue weighted by Crippen LogP contribution is 2.46. The quantitative estimate of drug-likeness (QED) is 0.807. The molecule has 0 aromatic rings. The Morgan fingerprint density at radius 2 is 2.06 bits per heavy atom. The molecule has 1 aliphatic heterocycles. The number of hydrogen-bond acceptors (Lipinski definition) is 3. The third-order valence-corrected chi connectivity index (χ3v) is 5.28. The minimum atomic E-state index is -0.674. The van der Waals surface area contributed by atoms with Crippen molar-refractivity contribution >= 4 is 23.5 Å². The number of ketones is 1. The third kappa shape index (κ3) is 2.12. The predicted molar refractivity (Wildman–Crippen MR) is 63.6 cm³/mol. The van der Waals surface area contributed by atoms with Gasteiger partial charge < -0.3 is 5.11 Å². The highest BCUT2D eigenvalue weighted by Gasteiger charge is 2.47. The van der Waals surface area contributed by atoms with E-state index in [2.05, 4.69) is 0 Å². The molecule has 2 fully saturated rings. The monoisotopic (exact) mass is 242 g/mol. The van der Waals surface area contributed by atoms with Crippen LogP contribution in [0.25, 0.3) is 0 Å². The molecule has 0 aromatic heterocycles. The Hall–Kier alpha value is -0.510. The smallest absolute Gasteiger partial charge is 0.309 e. The lowest BCUT2D eigenvalue weighted by atomic mass is 9.65. The summed E-state index contributed by atoms with van der Waals surface area (Å²) in [4.78, 5) is 22.8. The van der Waals surface area contributed by atoms with Crippen molar-refractivity contribution in [3.8, 4) is 0 Å². The molecule has 0 radical (unpaired) electrons. The first-order valence-corrected chi connectivity index (χ1v) is 7.13. The number of thioether (sulfide) groups is 1. The zero-order valence-electron chi connectivity index (χ0n) is 9.41. The van der Waals surface area contributed by atoms with Gasteiger partial charge in [0.25, 0.3) is 0 Å². The number of rotatable bonds is 2. The van der Waals surface area contributed by atoms with Gasteiger partial charge in [0.2, 0.25) is 0 Å². The van der Waals surface area contributed by atoms with E-state index in [1.807, 2.05) is 11.8 Å². The van der Waals surface area contributed by atoms with Crippen LogP contribution in [0.2, 0.25) is 0 Å². The lowest BCUT2D eigenvalue weighted by Crippen LogP contribution is -2.44. The number of carboxylic acids is 1. The average Bonchev–Trinajstić information content (AvgIpc) is 2.31. The van der Waals surface area contributed by atoms with Gasteiger partial charge in [0.05, 0.1) is 5.41 Å². The second kappa shape index (κ2) is 4.78. The lowest BCUT2D eigenvalue weighted by molar-refractivity contribution is -0.156. The largest absolute Gasteiger partial charge is 0.481 e. The van der Waals surface area contributed by atoms with Gasteiger partial charge in [0.1, 0.15) is 5.78 Å². The van der Waals surface area contributed by atoms with Crippen LogP contribution in [0.15, 0.2) is 0 Å². The average molecular weight is 242 g/mol. The van der Waals surface area contributed by atoms with E-state index in [0.717, 1.165) is 24.3 Å². The maximum absolute atomic E-state index is 11.6. The molecule has 1 aliphatic carbocycles. The standard InChI is InChI=1S/C12H18O3S/c13-10-3-5-12(6-4-10,11(14)15)9-2-1-7-16-8-9/h9H,1-8H2,(H,14,15). The number of Topliss-reactive ketones (excluding diaryl/α,β-unsaturated/α-hetero) is 1. The Morgan fingerprint density at radius 3 is 2.56 bits per heavy atom. The molecule has 0 amide bonds. The Bertz CT molecular complexity index is 285. The van der Waals surface area contributed by atoms with E-state index in [1.54, 1.807) is 0 Å². The minimum Gasteiger partial charge on any atom is -0.481 e. The molecule has 90 valence electrons. The summed E-state index contributed by atoms with van der Waals surface area (Å²) in [5.41, 5.74) is -0.596. The molecule has 4 heteroatoms. The van der Waals surface area contributed by atoms with Gasteiger partial charge >= 0.3 is 5.97 Å². The summed E-state index contributed by atoms with van der Waals surface area (Å²) < 4.78 is 0. The molecule has 1 saturated carbocycles. The number of carboxylic acid groups (broad SMARTS) is 1. The van der Waals surface area contributed by atoms with E-state index in [9.17, 15) is 14.7 Å². The molecule has 0 aromatic carbocycles. The number of carbonyl (C=O) groups is 2. The lowest BCUT2D eigenvalue weighted by Gasteiger charge is -2.41. The van der Waals surface area contributed by atoms with E-state index in [1.165, 1.54) is 0 Å². The van der Waals surface area contributed by atoms with Gasteiger partial charge in [-0.15, -0.1) is 0 Å². The molecular formula is C12H18O3S. The molecule has 2 rings (SSSR count). The Labute approximate surface area is 100.0 Å². The van der Waals surface area contributed by atoms with Crippen LogP contribution in [0, 0.1) is 11.3 Å². The predicted octanol–water partition coefficient (Wildman–Crippen LogP) is 2.34. The van der Waals surface area contributed by atoms with Crippen molar-refractivity contribution in [3.05, 3.63) is 0 Å². The normalized spacial score (nSPS) is 30.0. The third-order valence-electron chi connectivity index (χ3n) is 4.07. The maximum Gasteiger partial charge on any atom is 0.309 e. The van der Waals surface area contributed by atoms with E-state index < -0.39 is 11.4 Å². The number of carbonyl (C=O) groups excluding carboxylic acids is 1. The van der Waals surface area contributed by atoms with Crippen LogP contribution in [0.5, 0.6) is 0 Å². The molecule has 3 nitrogen and oxygen atoms in total. The molecular weight excluding hydrogens is 224 g/mol. The zero-order valence-corrected chi connectivity index (χ0v) is 10.2. The molecule has 1 heterocycles. The van der Waals surface area contributed by atoms with Gasteiger partial charge in [-0.2, -0.15) is 11.8 Å². The second-order valence-electron chi connectivity index (χ2n) is 4.91. The van der Waals surface area contributed by atoms with E-state index >= 15 is 0 Å². The van der Waals surface area contributed by atoms with E-state index in [0.29, 0.717) is 25.7 Å². The molecule has 0 spiro atoms. The summed E-state index contributed by atoms with van der Waals surface area (Å²) in [5.74, 6) is 1.95. The number of aliphatic carboxylic acids is 1. The van der Waals surface area contributed by atoms with Crippen LogP contribution >= 0.6 is 11.8 Å². The van der Waals surface area contributed by atoms with Gasteiger partial charge in [-0.3, -0.25) is 9.59 Å². The number of hydrogen-bond donors (Lipinski definition) is 1. The van der Waals surface area contributed by atoms with Crippen molar-refractivity contribution in [2.24, 2.45) is 11.3 Å². The van der Waals surface area contributed by atoms with Gasteiger partial charge in [-0.1, -0.05) is 0 Å². The van der Waals surface area contributed by atoms with Crippen molar-refractivity contribution in [2.45, 2.75) is 38.5 Å². The summed E-state index contributed by atoms with van der Waals surface area (Å²) >= 11 is 1.87. The van der Waals surface area contributed by atoms with Crippen LogP contribution in [-0.4, -0.2) is 28.4 Å². The van der Waals surface area contributed by atoms with Crippen molar-refractivity contribution < 1.29 is 14.7 Å². The fourth-order valence-corrected chi connectivity index (χ4v) is 4.26. The summed E-state index contributed by atoms with van der Waals surface area (Å²) in [7, 11) is 0. The fourth-order valence-electron chi connectivity index (χ4n) is 2.95. The van der Waals surface area contributed by atoms with Crippen LogP contribution in [0.3, 0.4) is 0 Å². The highest BCUT2D eigenvalue weighted by molar-refractivity contribution is 7.99. The molecule has 1 N–H and O–H groups in total. The summed E-state index contributed by atoms with van der Waals surface area (Å²) in [6, 6.07) is 0. The van der Waals surface area contributed by atoms with Gasteiger partial charge in [-0.25, -0.2) is 0 Å². The van der Waals surface area contributed by atoms with Crippen LogP contribution in [0.4, 0.5) is 0 Å². The van der Waals surface area contributed by atoms with Gasteiger partial charge in [0.15, 0.2) is 0 Å². The van der Waals surface area contributed by atoms with E-state index in [-0.39, 0.29) is 11.7 Å². The first kappa shape index (κ1) is 12.0. The fraction of sp³-hybridized carbons (Fsp3) is 0.833. The zero-order chi connectivity index (χ0) is 11.6. The molecule has 16 heavy (non-hydrogen) atoms. The van der Waals surface area contributed by atoms with Crippen molar-refractivity contribution in [3.63, 3.8) is 0 Å². The minimum absolute atomic E-state index is 0.236.